The Labute approximate surface area is 404 Å². The summed E-state index contributed by atoms with van der Waals surface area (Å²) in [5.74, 6) is 0. The number of hydrogen-bond donors (Lipinski definition) is 0. The van der Waals surface area contributed by atoms with E-state index in [4.69, 9.17) is 0 Å². The molecular formula is C68H47N. The number of para-hydroxylation sites is 1. The molecule has 11 aromatic rings. The van der Waals surface area contributed by atoms with Crippen molar-refractivity contribution in [1.82, 2.24) is 0 Å². The summed E-state index contributed by atoms with van der Waals surface area (Å²) in [5.41, 5.74) is 22.0. The summed E-state index contributed by atoms with van der Waals surface area (Å²) in [7, 11) is 0. The average Bonchev–Trinajstić information content (AvgIpc) is 3.92. The molecule has 2 aliphatic rings. The number of anilines is 3. The van der Waals surface area contributed by atoms with Crippen LogP contribution >= 0.6 is 0 Å². The Morgan fingerprint density at radius 1 is 0.232 bits per heavy atom. The van der Waals surface area contributed by atoms with Crippen LogP contribution in [0.5, 0.6) is 0 Å². The van der Waals surface area contributed by atoms with E-state index in [0.29, 0.717) is 0 Å². The summed E-state index contributed by atoms with van der Waals surface area (Å²) in [4.78, 5) is 2.57. The third-order valence-electron chi connectivity index (χ3n) is 14.8. The standard InChI is InChI=1S/C68H47N/c1-6-24-48(25-7-1)55-37-22-38-56(49-26-8-2-9-27-49)66(55)69(54-46-44-53(45-47-54)67(50-28-10-3-11-29-50)60-39-19-16-34-57(60)58-35-17-20-40-61(58)67)64-43-23-42-63-65(64)59-36-18-21-41-62(59)68(63,51-30-12-4-13-31-51)52-32-14-5-15-33-52/h1-47H. The van der Waals surface area contributed by atoms with Gasteiger partial charge in [0.2, 0.25) is 0 Å². The van der Waals surface area contributed by atoms with Crippen molar-refractivity contribution in [3.63, 3.8) is 0 Å². The Bertz CT molecular complexity index is 3490. The van der Waals surface area contributed by atoms with Crippen molar-refractivity contribution in [1.29, 1.82) is 0 Å². The topological polar surface area (TPSA) is 3.24 Å². The minimum atomic E-state index is -0.563. The molecule has 1 heteroatoms. The first-order valence-corrected chi connectivity index (χ1v) is 24.0. The number of fused-ring (bicyclic) bond motifs is 6. The highest BCUT2D eigenvalue weighted by Crippen LogP contribution is 2.61. The summed E-state index contributed by atoms with van der Waals surface area (Å²) in [6, 6.07) is 106. The molecule has 2 aliphatic carbocycles. The second-order valence-electron chi connectivity index (χ2n) is 18.3. The van der Waals surface area contributed by atoms with Gasteiger partial charge in [0.15, 0.2) is 0 Å². The zero-order valence-electron chi connectivity index (χ0n) is 38.1. The second-order valence-corrected chi connectivity index (χ2v) is 18.3. The van der Waals surface area contributed by atoms with Crippen molar-refractivity contribution in [3.8, 4) is 44.5 Å². The zero-order chi connectivity index (χ0) is 45.8. The first-order chi connectivity index (χ1) is 34.3. The van der Waals surface area contributed by atoms with Crippen LogP contribution in [0.4, 0.5) is 17.1 Å². The molecule has 69 heavy (non-hydrogen) atoms. The van der Waals surface area contributed by atoms with Crippen LogP contribution in [0.1, 0.15) is 44.5 Å². The molecule has 0 fully saturated rings. The smallest absolute Gasteiger partial charge is 0.0714 e. The number of hydrogen-bond acceptors (Lipinski definition) is 1. The van der Waals surface area contributed by atoms with Crippen molar-refractivity contribution in [3.05, 3.63) is 330 Å². The van der Waals surface area contributed by atoms with Crippen molar-refractivity contribution >= 4 is 17.1 Å². The first-order valence-electron chi connectivity index (χ1n) is 24.0. The Morgan fingerprint density at radius 2 is 0.565 bits per heavy atom. The van der Waals surface area contributed by atoms with Crippen LogP contribution in [0, 0.1) is 0 Å². The lowest BCUT2D eigenvalue weighted by Crippen LogP contribution is -2.28. The van der Waals surface area contributed by atoms with E-state index in [0.717, 1.165) is 39.3 Å². The summed E-state index contributed by atoms with van der Waals surface area (Å²) < 4.78 is 0. The molecule has 0 aromatic heterocycles. The van der Waals surface area contributed by atoms with Crippen LogP contribution in [0.3, 0.4) is 0 Å². The third-order valence-corrected chi connectivity index (χ3v) is 14.8. The predicted octanol–water partition coefficient (Wildman–Crippen LogP) is 17.2. The quantitative estimate of drug-likeness (QED) is 0.140. The fourth-order valence-corrected chi connectivity index (χ4v) is 12.1. The zero-order valence-corrected chi connectivity index (χ0v) is 38.1. The fourth-order valence-electron chi connectivity index (χ4n) is 12.1. The van der Waals surface area contributed by atoms with E-state index < -0.39 is 10.8 Å². The summed E-state index contributed by atoms with van der Waals surface area (Å²) in [6.45, 7) is 0. The van der Waals surface area contributed by atoms with Crippen molar-refractivity contribution in [2.75, 3.05) is 4.90 Å². The molecule has 0 unspecified atom stereocenters. The lowest BCUT2D eigenvalue weighted by atomic mass is 9.67. The van der Waals surface area contributed by atoms with Gasteiger partial charge in [0.25, 0.3) is 0 Å². The number of nitrogens with zero attached hydrogens (tertiary/aromatic N) is 1. The molecule has 1 nitrogen and oxygen atoms in total. The molecule has 0 radical (unpaired) electrons. The Balaban J connectivity index is 1.13. The minimum Gasteiger partial charge on any atom is -0.309 e. The van der Waals surface area contributed by atoms with Crippen molar-refractivity contribution < 1.29 is 0 Å². The molecule has 13 rings (SSSR count). The van der Waals surface area contributed by atoms with E-state index >= 15 is 0 Å². The molecule has 0 saturated carbocycles. The maximum Gasteiger partial charge on any atom is 0.0714 e. The van der Waals surface area contributed by atoms with E-state index in [9.17, 15) is 0 Å². The normalized spacial score (nSPS) is 13.4. The second kappa shape index (κ2) is 16.5. The van der Waals surface area contributed by atoms with Crippen LogP contribution in [0.2, 0.25) is 0 Å². The van der Waals surface area contributed by atoms with Gasteiger partial charge in [-0.15, -0.1) is 0 Å². The maximum absolute atomic E-state index is 2.57. The Kier molecular flexibility index (Phi) is 9.70. The van der Waals surface area contributed by atoms with Gasteiger partial charge < -0.3 is 4.90 Å². The molecular weight excluding hydrogens is 831 g/mol. The van der Waals surface area contributed by atoms with Crippen molar-refractivity contribution in [2.24, 2.45) is 0 Å². The SMILES string of the molecule is c1ccc(-c2cccc(-c3ccccc3)c2N(c2ccc(C3(c4ccccc4)c4ccccc4-c4ccccc43)cc2)c2cccc3c2-c2ccccc2C3(c2ccccc2)c2ccccc2)cc1. The average molecular weight is 878 g/mol. The molecule has 11 aromatic carbocycles. The monoisotopic (exact) mass is 877 g/mol. The molecule has 0 N–H and O–H groups in total. The van der Waals surface area contributed by atoms with Gasteiger partial charge in [0.1, 0.15) is 0 Å². The number of benzene rings is 11. The van der Waals surface area contributed by atoms with E-state index in [2.05, 4.69) is 290 Å². The highest BCUT2D eigenvalue weighted by atomic mass is 15.2. The van der Waals surface area contributed by atoms with E-state index in [1.807, 2.05) is 0 Å². The predicted molar refractivity (Wildman–Crippen MR) is 287 cm³/mol. The summed E-state index contributed by atoms with van der Waals surface area (Å²) >= 11 is 0. The summed E-state index contributed by atoms with van der Waals surface area (Å²) in [5, 5.41) is 0. The number of rotatable bonds is 9. The van der Waals surface area contributed by atoms with Gasteiger partial charge in [-0.3, -0.25) is 0 Å². The summed E-state index contributed by atoms with van der Waals surface area (Å²) in [6.07, 6.45) is 0. The molecule has 0 amide bonds. The third kappa shape index (κ3) is 6.10. The van der Waals surface area contributed by atoms with Crippen LogP contribution in [-0.2, 0) is 10.8 Å². The van der Waals surface area contributed by atoms with Crippen LogP contribution in [0.15, 0.2) is 285 Å². The van der Waals surface area contributed by atoms with Crippen molar-refractivity contribution in [2.45, 2.75) is 10.8 Å². The van der Waals surface area contributed by atoms with E-state index in [-0.39, 0.29) is 0 Å². The van der Waals surface area contributed by atoms with Gasteiger partial charge in [-0.05, 0) is 90.5 Å². The molecule has 0 heterocycles. The van der Waals surface area contributed by atoms with Gasteiger partial charge in [-0.1, -0.05) is 267 Å². The van der Waals surface area contributed by atoms with Crippen LogP contribution < -0.4 is 4.90 Å². The van der Waals surface area contributed by atoms with Crippen LogP contribution in [-0.4, -0.2) is 0 Å². The fraction of sp³-hybridized carbons (Fsp3) is 0.0294. The first kappa shape index (κ1) is 40.5. The van der Waals surface area contributed by atoms with E-state index in [1.54, 1.807) is 0 Å². The van der Waals surface area contributed by atoms with E-state index in [1.165, 1.54) is 66.8 Å². The molecule has 324 valence electrons. The lowest BCUT2D eigenvalue weighted by molar-refractivity contribution is 0.768. The van der Waals surface area contributed by atoms with Gasteiger partial charge >= 0.3 is 0 Å². The molecule has 0 atom stereocenters. The molecule has 0 saturated heterocycles. The Morgan fingerprint density at radius 3 is 1.04 bits per heavy atom. The minimum absolute atomic E-state index is 0.521. The van der Waals surface area contributed by atoms with Crippen LogP contribution in [0.25, 0.3) is 44.5 Å². The molecule has 0 spiro atoms. The highest BCUT2D eigenvalue weighted by molar-refractivity contribution is 6.03. The van der Waals surface area contributed by atoms with Gasteiger partial charge in [-0.2, -0.15) is 0 Å². The lowest BCUT2D eigenvalue weighted by Gasteiger charge is -2.36. The maximum atomic E-state index is 2.57. The largest absolute Gasteiger partial charge is 0.309 e. The highest BCUT2D eigenvalue weighted by Gasteiger charge is 2.48. The van der Waals surface area contributed by atoms with Gasteiger partial charge in [0, 0.05) is 22.4 Å². The van der Waals surface area contributed by atoms with Gasteiger partial charge in [-0.25, -0.2) is 0 Å². The molecule has 0 bridgehead atoms. The Hall–Kier alpha value is -8.78. The molecule has 0 aliphatic heterocycles. The van der Waals surface area contributed by atoms with Gasteiger partial charge in [0.05, 0.1) is 22.2 Å².